The first kappa shape index (κ1) is 20.2. The van der Waals surface area contributed by atoms with E-state index in [4.69, 9.17) is 4.99 Å². The fourth-order valence-corrected chi connectivity index (χ4v) is 4.47. The van der Waals surface area contributed by atoms with E-state index in [1.165, 1.54) is 48.7 Å². The Labute approximate surface area is 158 Å². The summed E-state index contributed by atoms with van der Waals surface area (Å²) in [6, 6.07) is 4.84. The largest absolute Gasteiger partial charge is 0.357 e. The fourth-order valence-electron chi connectivity index (χ4n) is 3.45. The van der Waals surface area contributed by atoms with E-state index in [0.717, 1.165) is 31.4 Å². The lowest BCUT2D eigenvalue weighted by atomic mass is 9.94. The molecule has 2 N–H and O–H groups in total. The predicted molar refractivity (Wildman–Crippen MR) is 111 cm³/mol. The number of thiophene rings is 1. The van der Waals surface area contributed by atoms with Gasteiger partial charge in [0.05, 0.1) is 0 Å². The molecule has 1 aromatic rings. The molecule has 25 heavy (non-hydrogen) atoms. The number of hydrogen-bond donors (Lipinski definition) is 2. The Morgan fingerprint density at radius 1 is 1.32 bits per heavy atom. The molecule has 0 radical (unpaired) electrons. The third-order valence-corrected chi connectivity index (χ3v) is 6.02. The Kier molecular flexibility index (Phi) is 8.76. The number of hydrogen-bond acceptors (Lipinski definition) is 3. The SMILES string of the molecule is CCNC(=NCCC1CCN(CC)CC1)NC(C)Cc1ccc(C)s1. The van der Waals surface area contributed by atoms with Crippen molar-refractivity contribution >= 4 is 17.3 Å². The van der Waals surface area contributed by atoms with Crippen LogP contribution >= 0.6 is 11.3 Å². The number of nitrogens with zero attached hydrogens (tertiary/aromatic N) is 2. The van der Waals surface area contributed by atoms with Gasteiger partial charge in [0.15, 0.2) is 5.96 Å². The monoisotopic (exact) mass is 364 g/mol. The summed E-state index contributed by atoms with van der Waals surface area (Å²) in [5.41, 5.74) is 0. The second-order valence-corrected chi connectivity index (χ2v) is 8.56. The standard InChI is InChI=1S/C20H36N4S/c1-5-21-20(23-16(3)15-19-8-7-17(4)25-19)22-12-9-18-10-13-24(6-2)14-11-18/h7-8,16,18H,5-6,9-15H2,1-4H3,(H2,21,22,23). The number of aryl methyl sites for hydroxylation is 1. The van der Waals surface area contributed by atoms with Crippen molar-refractivity contribution in [3.05, 3.63) is 21.9 Å². The number of nitrogens with one attached hydrogen (secondary N) is 2. The van der Waals surface area contributed by atoms with E-state index < -0.39 is 0 Å². The summed E-state index contributed by atoms with van der Waals surface area (Å²) in [4.78, 5) is 10.2. The summed E-state index contributed by atoms with van der Waals surface area (Å²) in [7, 11) is 0. The summed E-state index contributed by atoms with van der Waals surface area (Å²) in [5, 5.41) is 6.96. The van der Waals surface area contributed by atoms with Crippen LogP contribution in [0.2, 0.25) is 0 Å². The van der Waals surface area contributed by atoms with Gasteiger partial charge < -0.3 is 15.5 Å². The highest BCUT2D eigenvalue weighted by Crippen LogP contribution is 2.20. The molecule has 1 atom stereocenters. The summed E-state index contributed by atoms with van der Waals surface area (Å²) >= 11 is 1.89. The maximum Gasteiger partial charge on any atom is 0.191 e. The minimum Gasteiger partial charge on any atom is -0.357 e. The first-order valence-corrected chi connectivity index (χ1v) is 10.7. The maximum absolute atomic E-state index is 4.82. The van der Waals surface area contributed by atoms with Crippen LogP contribution in [0.25, 0.3) is 0 Å². The van der Waals surface area contributed by atoms with E-state index in [9.17, 15) is 0 Å². The molecular weight excluding hydrogens is 328 g/mol. The molecule has 1 aliphatic heterocycles. The minimum atomic E-state index is 0.392. The summed E-state index contributed by atoms with van der Waals surface area (Å²) < 4.78 is 0. The molecule has 1 unspecified atom stereocenters. The highest BCUT2D eigenvalue weighted by molar-refractivity contribution is 7.11. The summed E-state index contributed by atoms with van der Waals surface area (Å²) in [5.74, 6) is 1.82. The first-order chi connectivity index (χ1) is 12.1. The van der Waals surface area contributed by atoms with E-state index in [1.54, 1.807) is 0 Å². The topological polar surface area (TPSA) is 39.7 Å². The van der Waals surface area contributed by atoms with Crippen molar-refractivity contribution in [2.75, 3.05) is 32.7 Å². The van der Waals surface area contributed by atoms with Crippen molar-refractivity contribution in [1.82, 2.24) is 15.5 Å². The van der Waals surface area contributed by atoms with Crippen LogP contribution in [0.5, 0.6) is 0 Å². The Balaban J connectivity index is 1.75. The molecule has 1 aromatic heterocycles. The second-order valence-electron chi connectivity index (χ2n) is 7.19. The predicted octanol–water partition coefficient (Wildman–Crippen LogP) is 3.66. The Morgan fingerprint density at radius 3 is 2.68 bits per heavy atom. The number of likely N-dealkylation sites (tertiary alicyclic amines) is 1. The number of rotatable bonds is 8. The molecule has 0 aliphatic carbocycles. The van der Waals surface area contributed by atoms with Gasteiger partial charge in [0, 0.05) is 35.3 Å². The van der Waals surface area contributed by atoms with Gasteiger partial charge in [0.25, 0.3) is 0 Å². The molecule has 0 bridgehead atoms. The summed E-state index contributed by atoms with van der Waals surface area (Å²) in [6.07, 6.45) is 4.94. The average Bonchev–Trinajstić information content (AvgIpc) is 3.00. The van der Waals surface area contributed by atoms with Crippen molar-refractivity contribution in [2.45, 2.75) is 59.4 Å². The highest BCUT2D eigenvalue weighted by atomic mass is 32.1. The van der Waals surface area contributed by atoms with E-state index in [1.807, 2.05) is 11.3 Å². The number of guanidine groups is 1. The third kappa shape index (κ3) is 7.37. The minimum absolute atomic E-state index is 0.392. The van der Waals surface area contributed by atoms with Crippen LogP contribution in [0.3, 0.4) is 0 Å². The van der Waals surface area contributed by atoms with Gasteiger partial charge in [0.1, 0.15) is 0 Å². The lowest BCUT2D eigenvalue weighted by molar-refractivity contribution is 0.188. The smallest absolute Gasteiger partial charge is 0.191 e. The van der Waals surface area contributed by atoms with Crippen LogP contribution < -0.4 is 10.6 Å². The van der Waals surface area contributed by atoms with Gasteiger partial charge in [-0.2, -0.15) is 0 Å². The quantitative estimate of drug-likeness (QED) is 0.546. The van der Waals surface area contributed by atoms with Crippen molar-refractivity contribution in [3.63, 3.8) is 0 Å². The third-order valence-electron chi connectivity index (χ3n) is 4.99. The van der Waals surface area contributed by atoms with Crippen LogP contribution in [0.1, 0.15) is 49.8 Å². The zero-order valence-corrected chi connectivity index (χ0v) is 17.3. The van der Waals surface area contributed by atoms with Gasteiger partial charge in [-0.25, -0.2) is 0 Å². The Bertz CT molecular complexity index is 518. The zero-order valence-electron chi connectivity index (χ0n) is 16.5. The number of piperidine rings is 1. The van der Waals surface area contributed by atoms with Crippen molar-refractivity contribution < 1.29 is 0 Å². The molecule has 1 aliphatic rings. The first-order valence-electron chi connectivity index (χ1n) is 9.93. The van der Waals surface area contributed by atoms with E-state index in [0.29, 0.717) is 6.04 Å². The normalized spacial score (nSPS) is 18.3. The van der Waals surface area contributed by atoms with Crippen molar-refractivity contribution in [2.24, 2.45) is 10.9 Å². The molecule has 1 saturated heterocycles. The lowest BCUT2D eigenvalue weighted by Gasteiger charge is -2.30. The van der Waals surface area contributed by atoms with Gasteiger partial charge in [-0.05, 0) is 77.7 Å². The molecule has 0 spiro atoms. The molecule has 2 heterocycles. The average molecular weight is 365 g/mol. The molecule has 142 valence electrons. The molecule has 5 heteroatoms. The Hall–Kier alpha value is -1.07. The lowest BCUT2D eigenvalue weighted by Crippen LogP contribution is -2.43. The van der Waals surface area contributed by atoms with Crippen molar-refractivity contribution in [3.8, 4) is 0 Å². The van der Waals surface area contributed by atoms with Gasteiger partial charge >= 0.3 is 0 Å². The van der Waals surface area contributed by atoms with E-state index >= 15 is 0 Å². The second kappa shape index (κ2) is 10.8. The van der Waals surface area contributed by atoms with E-state index in [2.05, 4.69) is 55.4 Å². The highest BCUT2D eigenvalue weighted by Gasteiger charge is 2.17. The summed E-state index contributed by atoms with van der Waals surface area (Å²) in [6.45, 7) is 14.4. The van der Waals surface area contributed by atoms with Gasteiger partial charge in [-0.15, -0.1) is 11.3 Å². The molecule has 0 saturated carbocycles. The molecule has 0 aromatic carbocycles. The van der Waals surface area contributed by atoms with Crippen LogP contribution in [0.4, 0.5) is 0 Å². The van der Waals surface area contributed by atoms with Crippen LogP contribution in [-0.4, -0.2) is 49.6 Å². The van der Waals surface area contributed by atoms with Gasteiger partial charge in [-0.1, -0.05) is 6.92 Å². The molecule has 2 rings (SSSR count). The van der Waals surface area contributed by atoms with Crippen molar-refractivity contribution in [1.29, 1.82) is 0 Å². The molecular formula is C20H36N4S. The zero-order chi connectivity index (χ0) is 18.1. The van der Waals surface area contributed by atoms with Gasteiger partial charge in [0.2, 0.25) is 0 Å². The van der Waals surface area contributed by atoms with Crippen LogP contribution in [0, 0.1) is 12.8 Å². The maximum atomic E-state index is 4.82. The molecule has 1 fully saturated rings. The van der Waals surface area contributed by atoms with Crippen LogP contribution in [0.15, 0.2) is 17.1 Å². The van der Waals surface area contributed by atoms with Crippen LogP contribution in [-0.2, 0) is 6.42 Å². The van der Waals surface area contributed by atoms with Gasteiger partial charge in [-0.3, -0.25) is 4.99 Å². The molecule has 4 nitrogen and oxygen atoms in total. The van der Waals surface area contributed by atoms with E-state index in [-0.39, 0.29) is 0 Å². The number of aliphatic imine (C=N–C) groups is 1. The Morgan fingerprint density at radius 2 is 2.08 bits per heavy atom. The fraction of sp³-hybridized carbons (Fsp3) is 0.750. The molecule has 0 amide bonds.